The highest BCUT2D eigenvalue weighted by Crippen LogP contribution is 2.38. The first kappa shape index (κ1) is 29.0. The van der Waals surface area contributed by atoms with Crippen LogP contribution in [0.25, 0.3) is 22.5 Å². The maximum absolute atomic E-state index is 15.4. The third-order valence-electron chi connectivity index (χ3n) is 8.04. The van der Waals surface area contributed by atoms with E-state index in [1.165, 1.54) is 40.7 Å². The van der Waals surface area contributed by atoms with Crippen LogP contribution in [0, 0.1) is 11.7 Å². The van der Waals surface area contributed by atoms with Gasteiger partial charge in [-0.2, -0.15) is 5.10 Å². The normalized spacial score (nSPS) is 21.0. The third kappa shape index (κ3) is 5.66. The number of carbonyl (C=O) groups is 2. The van der Waals surface area contributed by atoms with E-state index in [2.05, 4.69) is 20.7 Å². The molecular formula is C30H27Cl2F2N7O2. The van der Waals surface area contributed by atoms with Gasteiger partial charge in [-0.3, -0.25) is 14.3 Å². The summed E-state index contributed by atoms with van der Waals surface area (Å²) in [5.41, 5.74) is 3.91. The summed E-state index contributed by atoms with van der Waals surface area (Å²) >= 11 is 12.3. The number of fused-ring (bicyclic) bond motifs is 4. The number of nitrogens with zero attached hydrogens (tertiary/aromatic N) is 6. The van der Waals surface area contributed by atoms with Crippen LogP contribution >= 0.6 is 23.2 Å². The monoisotopic (exact) mass is 625 g/mol. The van der Waals surface area contributed by atoms with Crippen molar-refractivity contribution in [1.82, 2.24) is 29.7 Å². The first-order valence-corrected chi connectivity index (χ1v) is 14.5. The Morgan fingerprint density at radius 1 is 1.09 bits per heavy atom. The summed E-state index contributed by atoms with van der Waals surface area (Å²) in [7, 11) is 1.68. The van der Waals surface area contributed by atoms with Gasteiger partial charge in [0.2, 0.25) is 11.8 Å². The summed E-state index contributed by atoms with van der Waals surface area (Å²) in [5, 5.41) is 15.6. The van der Waals surface area contributed by atoms with Gasteiger partial charge in [0.1, 0.15) is 12.0 Å². The number of anilines is 1. The molecule has 4 aromatic rings. The predicted molar refractivity (Wildman–Crippen MR) is 159 cm³/mol. The largest absolute Gasteiger partial charge is 0.332 e. The number of benzene rings is 2. The molecule has 0 aliphatic carbocycles. The minimum atomic E-state index is -1.48. The molecule has 2 aliphatic heterocycles. The minimum Gasteiger partial charge on any atom is -0.332 e. The summed E-state index contributed by atoms with van der Waals surface area (Å²) in [4.78, 5) is 28.3. The average Bonchev–Trinajstić information content (AvgIpc) is 3.57. The first-order valence-electron chi connectivity index (χ1n) is 13.8. The number of hydrogen-bond acceptors (Lipinski definition) is 5. The quantitative estimate of drug-likeness (QED) is 0.293. The zero-order valence-corrected chi connectivity index (χ0v) is 24.8. The summed E-state index contributed by atoms with van der Waals surface area (Å²) in [6.07, 6.45) is 3.69. The van der Waals surface area contributed by atoms with Crippen LogP contribution in [0.1, 0.15) is 43.4 Å². The van der Waals surface area contributed by atoms with Crippen LogP contribution in [0.15, 0.2) is 54.9 Å². The standard InChI is InChI=1S/C30H27Cl2F2N7O2/c1-16-23(34)4-6-25(18-9-19(11-21(33)10-18)29-24(36-30(16)43)14-35-39(29)2)40-8-7-17(12-28(40)42)22-13-20(31)3-5-26(22)41-15-27(32)37-38-41/h3,5,9-16,23,25H,4,6-8H2,1-2H3,(H,36,43)/t16-,23?,25+/m1/s1. The van der Waals surface area contributed by atoms with Crippen LogP contribution in [0.3, 0.4) is 0 Å². The van der Waals surface area contributed by atoms with E-state index in [1.807, 2.05) is 0 Å². The fourth-order valence-corrected chi connectivity index (χ4v) is 6.09. The second-order valence-electron chi connectivity index (χ2n) is 10.8. The van der Waals surface area contributed by atoms with Crippen molar-refractivity contribution in [3.05, 3.63) is 82.0 Å². The van der Waals surface area contributed by atoms with Crippen LogP contribution < -0.4 is 5.32 Å². The molecule has 0 saturated carbocycles. The Morgan fingerprint density at radius 3 is 2.65 bits per heavy atom. The SMILES string of the molecule is C[C@H]1C(=O)Nc2cnn(C)c2-c2cc(F)cc(c2)[C@@H](N2CCC(c3cc(Cl)ccc3-n3cc(Cl)nn3)=CC2=O)CCC1F. The number of nitrogens with one attached hydrogen (secondary N) is 1. The highest BCUT2D eigenvalue weighted by Gasteiger charge is 2.33. The van der Waals surface area contributed by atoms with Gasteiger partial charge < -0.3 is 10.2 Å². The van der Waals surface area contributed by atoms with E-state index in [-0.39, 0.29) is 30.4 Å². The maximum atomic E-state index is 15.4. The van der Waals surface area contributed by atoms with E-state index in [9.17, 15) is 9.59 Å². The molecule has 222 valence electrons. The zero-order chi connectivity index (χ0) is 30.4. The second kappa shape index (κ2) is 11.5. The number of aromatic nitrogens is 5. The molecule has 0 radical (unpaired) electrons. The van der Waals surface area contributed by atoms with Crippen molar-refractivity contribution in [2.24, 2.45) is 13.0 Å². The van der Waals surface area contributed by atoms with Crippen molar-refractivity contribution in [2.45, 2.75) is 38.4 Å². The van der Waals surface area contributed by atoms with Crippen molar-refractivity contribution in [1.29, 1.82) is 0 Å². The average molecular weight is 626 g/mol. The molecule has 1 N–H and O–H groups in total. The number of halogens is 4. The van der Waals surface area contributed by atoms with Crippen molar-refractivity contribution in [2.75, 3.05) is 11.9 Å². The topological polar surface area (TPSA) is 97.9 Å². The Labute approximate surface area is 256 Å². The summed E-state index contributed by atoms with van der Waals surface area (Å²) < 4.78 is 33.6. The molecule has 2 aromatic heterocycles. The summed E-state index contributed by atoms with van der Waals surface area (Å²) in [5.74, 6) is -2.27. The highest BCUT2D eigenvalue weighted by atomic mass is 35.5. The number of carbonyl (C=O) groups excluding carboxylic acids is 2. The lowest BCUT2D eigenvalue weighted by Crippen LogP contribution is -2.38. The third-order valence-corrected chi connectivity index (χ3v) is 8.45. The van der Waals surface area contributed by atoms with E-state index in [4.69, 9.17) is 23.2 Å². The van der Waals surface area contributed by atoms with Gasteiger partial charge in [-0.15, -0.1) is 5.10 Å². The number of rotatable bonds is 3. The van der Waals surface area contributed by atoms with Crippen LogP contribution in [0.2, 0.25) is 10.2 Å². The van der Waals surface area contributed by atoms with Crippen LogP contribution in [0.4, 0.5) is 14.5 Å². The zero-order valence-electron chi connectivity index (χ0n) is 23.3. The molecule has 0 saturated heterocycles. The number of hydrogen-bond donors (Lipinski definition) is 1. The Balaban J connectivity index is 1.40. The smallest absolute Gasteiger partial charge is 0.247 e. The molecule has 0 fully saturated rings. The highest BCUT2D eigenvalue weighted by molar-refractivity contribution is 6.31. The van der Waals surface area contributed by atoms with Gasteiger partial charge in [-0.05, 0) is 66.8 Å². The van der Waals surface area contributed by atoms with Crippen LogP contribution in [0.5, 0.6) is 0 Å². The first-order chi connectivity index (χ1) is 20.6. The fraction of sp³-hybridized carbons (Fsp3) is 0.300. The van der Waals surface area contributed by atoms with E-state index in [0.29, 0.717) is 45.2 Å². The molecule has 1 unspecified atom stereocenters. The molecule has 9 nitrogen and oxygen atoms in total. The Bertz CT molecular complexity index is 1770. The van der Waals surface area contributed by atoms with Gasteiger partial charge in [0.25, 0.3) is 0 Å². The van der Waals surface area contributed by atoms with Gasteiger partial charge in [0, 0.05) is 35.8 Å². The van der Waals surface area contributed by atoms with Crippen molar-refractivity contribution >= 4 is 46.3 Å². The van der Waals surface area contributed by atoms with Crippen molar-refractivity contribution in [3.8, 4) is 16.9 Å². The van der Waals surface area contributed by atoms with Crippen LogP contribution in [-0.4, -0.2) is 54.2 Å². The van der Waals surface area contributed by atoms with Crippen molar-refractivity contribution in [3.63, 3.8) is 0 Å². The molecule has 13 heteroatoms. The predicted octanol–water partition coefficient (Wildman–Crippen LogP) is 6.18. The van der Waals surface area contributed by atoms with Gasteiger partial charge in [-0.1, -0.05) is 35.3 Å². The molecule has 2 aromatic carbocycles. The number of alkyl halides is 1. The van der Waals surface area contributed by atoms with E-state index in [1.54, 1.807) is 42.4 Å². The maximum Gasteiger partial charge on any atom is 0.247 e. The van der Waals surface area contributed by atoms with E-state index >= 15 is 8.78 Å². The molecule has 2 amide bonds. The number of amides is 2. The van der Waals surface area contributed by atoms with Gasteiger partial charge in [0.15, 0.2) is 5.15 Å². The summed E-state index contributed by atoms with van der Waals surface area (Å²) in [6, 6.07) is 9.09. The lowest BCUT2D eigenvalue weighted by molar-refractivity contribution is -0.129. The van der Waals surface area contributed by atoms with Crippen LogP contribution in [-0.2, 0) is 16.6 Å². The van der Waals surface area contributed by atoms with Gasteiger partial charge in [-0.25, -0.2) is 13.5 Å². The molecular weight excluding hydrogens is 599 g/mol. The van der Waals surface area contributed by atoms with Gasteiger partial charge >= 0.3 is 0 Å². The second-order valence-corrected chi connectivity index (χ2v) is 11.6. The van der Waals surface area contributed by atoms with E-state index in [0.717, 1.165) is 5.57 Å². The Kier molecular flexibility index (Phi) is 7.78. The molecule has 3 atom stereocenters. The lowest BCUT2D eigenvalue weighted by atomic mass is 9.90. The molecule has 2 bridgehead atoms. The Morgan fingerprint density at radius 2 is 1.91 bits per heavy atom. The fourth-order valence-electron chi connectivity index (χ4n) is 5.80. The molecule has 4 heterocycles. The van der Waals surface area contributed by atoms with Gasteiger partial charge in [0.05, 0.1) is 41.4 Å². The summed E-state index contributed by atoms with van der Waals surface area (Å²) in [6.45, 7) is 1.82. The molecule has 0 spiro atoms. The lowest BCUT2D eigenvalue weighted by Gasteiger charge is -2.36. The van der Waals surface area contributed by atoms with E-state index < -0.39 is 29.9 Å². The minimum absolute atomic E-state index is 0.00313. The Hall–Kier alpha value is -4.09. The number of aryl methyl sites for hydroxylation is 1. The molecule has 2 aliphatic rings. The van der Waals surface area contributed by atoms with Crippen molar-refractivity contribution < 1.29 is 18.4 Å². The molecule has 43 heavy (non-hydrogen) atoms. The molecule has 6 rings (SSSR count).